The van der Waals surface area contributed by atoms with Crippen LogP contribution >= 0.6 is 11.6 Å². The van der Waals surface area contributed by atoms with Crippen LogP contribution in [0, 0.1) is 17.1 Å². The second-order valence-electron chi connectivity index (χ2n) is 4.19. The van der Waals surface area contributed by atoms with Crippen molar-refractivity contribution < 1.29 is 4.39 Å². The van der Waals surface area contributed by atoms with E-state index in [2.05, 4.69) is 11.1 Å². The number of nitrogens with zero attached hydrogens (tertiary/aromatic N) is 3. The highest BCUT2D eigenvalue weighted by Gasteiger charge is 2.15. The lowest BCUT2D eigenvalue weighted by Gasteiger charge is -2.09. The molecule has 0 aliphatic carbocycles. The maximum atomic E-state index is 13.7. The summed E-state index contributed by atoms with van der Waals surface area (Å²) in [5.41, 5.74) is 7.37. The molecule has 0 fully saturated rings. The van der Waals surface area contributed by atoms with E-state index in [1.807, 2.05) is 0 Å². The maximum absolute atomic E-state index is 13.7. The molecule has 1 aromatic heterocycles. The topological polar surface area (TPSA) is 67.6 Å². The number of aromatic nitrogens is 2. The fourth-order valence-corrected chi connectivity index (χ4v) is 2.29. The lowest BCUT2D eigenvalue weighted by Crippen LogP contribution is -2.02. The maximum Gasteiger partial charge on any atom is 0.206 e. The summed E-state index contributed by atoms with van der Waals surface area (Å²) in [6, 6.07) is 11.4. The first-order chi connectivity index (χ1) is 9.61. The van der Waals surface area contributed by atoms with Crippen LogP contribution in [0.2, 0.25) is 5.02 Å². The predicted octanol–water partition coefficient (Wildman–Crippen LogP) is 3.27. The average Bonchev–Trinajstić information content (AvgIpc) is 2.76. The number of hydrogen-bond acceptors (Lipinski definition) is 3. The zero-order chi connectivity index (χ0) is 14.3. The summed E-state index contributed by atoms with van der Waals surface area (Å²) in [6.45, 7) is 0. The highest BCUT2D eigenvalue weighted by atomic mass is 35.5. The van der Waals surface area contributed by atoms with E-state index in [0.717, 1.165) is 0 Å². The Morgan fingerprint density at radius 3 is 2.85 bits per heavy atom. The number of anilines is 1. The molecular formula is C14H8ClFN4. The number of nitrogens with two attached hydrogens (primary N) is 1. The van der Waals surface area contributed by atoms with Crippen molar-refractivity contribution in [2.75, 3.05) is 5.73 Å². The molecule has 0 radical (unpaired) electrons. The van der Waals surface area contributed by atoms with Crippen LogP contribution in [0.1, 0.15) is 5.56 Å². The molecule has 0 amide bonds. The summed E-state index contributed by atoms with van der Waals surface area (Å²) in [7, 11) is 0. The highest BCUT2D eigenvalue weighted by molar-refractivity contribution is 6.30. The lowest BCUT2D eigenvalue weighted by atomic mass is 10.2. The van der Waals surface area contributed by atoms with Crippen LogP contribution in [0.4, 0.5) is 10.3 Å². The summed E-state index contributed by atoms with van der Waals surface area (Å²) in [6.07, 6.45) is 0. The number of halogens is 2. The second-order valence-corrected chi connectivity index (χ2v) is 4.62. The Labute approximate surface area is 118 Å². The van der Waals surface area contributed by atoms with E-state index in [1.54, 1.807) is 30.3 Å². The second kappa shape index (κ2) is 4.51. The molecule has 0 bridgehead atoms. The van der Waals surface area contributed by atoms with Gasteiger partial charge in [-0.1, -0.05) is 17.7 Å². The van der Waals surface area contributed by atoms with Gasteiger partial charge < -0.3 is 5.73 Å². The molecule has 0 unspecified atom stereocenters. The molecule has 0 atom stereocenters. The molecule has 1 heterocycles. The largest absolute Gasteiger partial charge is 0.369 e. The van der Waals surface area contributed by atoms with Gasteiger partial charge in [0, 0.05) is 5.02 Å². The van der Waals surface area contributed by atoms with E-state index >= 15 is 0 Å². The highest BCUT2D eigenvalue weighted by Crippen LogP contribution is 2.28. The van der Waals surface area contributed by atoms with E-state index in [1.165, 1.54) is 10.6 Å². The molecular weight excluding hydrogens is 279 g/mol. The minimum atomic E-state index is -0.464. The van der Waals surface area contributed by atoms with Gasteiger partial charge in [-0.3, -0.25) is 4.57 Å². The van der Waals surface area contributed by atoms with Crippen LogP contribution in [0.25, 0.3) is 16.7 Å². The van der Waals surface area contributed by atoms with E-state index < -0.39 is 5.82 Å². The van der Waals surface area contributed by atoms with Gasteiger partial charge in [-0.25, -0.2) is 9.37 Å². The molecule has 20 heavy (non-hydrogen) atoms. The smallest absolute Gasteiger partial charge is 0.206 e. The SMILES string of the molecule is N#Cc1ccc(Cl)cc1-n1c(N)nc2c(F)cccc21. The Kier molecular flexibility index (Phi) is 2.81. The molecule has 0 aliphatic rings. The van der Waals surface area contributed by atoms with E-state index in [4.69, 9.17) is 17.3 Å². The third-order valence-corrected chi connectivity index (χ3v) is 3.22. The first-order valence-corrected chi connectivity index (χ1v) is 6.12. The van der Waals surface area contributed by atoms with Gasteiger partial charge in [0.2, 0.25) is 5.95 Å². The Morgan fingerprint density at radius 1 is 1.30 bits per heavy atom. The van der Waals surface area contributed by atoms with Gasteiger partial charge in [0.05, 0.1) is 16.8 Å². The van der Waals surface area contributed by atoms with Crippen molar-refractivity contribution in [1.82, 2.24) is 9.55 Å². The van der Waals surface area contributed by atoms with Crippen molar-refractivity contribution in [1.29, 1.82) is 5.26 Å². The number of benzene rings is 2. The summed E-state index contributed by atoms with van der Waals surface area (Å²) in [5, 5.41) is 9.64. The van der Waals surface area contributed by atoms with Gasteiger partial charge in [-0.05, 0) is 30.3 Å². The molecule has 0 aliphatic heterocycles. The molecule has 2 aromatic carbocycles. The van der Waals surface area contributed by atoms with Crippen LogP contribution in [0.5, 0.6) is 0 Å². The molecule has 4 nitrogen and oxygen atoms in total. The standard InChI is InChI=1S/C14H8ClFN4/c15-9-5-4-8(7-17)12(6-9)20-11-3-1-2-10(16)13(11)19-14(20)18/h1-6H,(H2,18,19). The Hall–Kier alpha value is -2.58. The minimum absolute atomic E-state index is 0.101. The zero-order valence-corrected chi connectivity index (χ0v) is 10.9. The molecule has 98 valence electrons. The quantitative estimate of drug-likeness (QED) is 0.746. The van der Waals surface area contributed by atoms with Crippen LogP contribution in [0.15, 0.2) is 36.4 Å². The van der Waals surface area contributed by atoms with Crippen molar-refractivity contribution in [2.24, 2.45) is 0 Å². The summed E-state index contributed by atoms with van der Waals surface area (Å²) in [4.78, 5) is 4.01. The van der Waals surface area contributed by atoms with Gasteiger partial charge in [0.1, 0.15) is 11.6 Å². The van der Waals surface area contributed by atoms with Crippen LogP contribution < -0.4 is 5.73 Å². The fraction of sp³-hybridized carbons (Fsp3) is 0. The summed E-state index contributed by atoms with van der Waals surface area (Å²) >= 11 is 5.97. The molecule has 3 aromatic rings. The summed E-state index contributed by atoms with van der Waals surface area (Å²) in [5.74, 6) is -0.364. The number of rotatable bonds is 1. The van der Waals surface area contributed by atoms with Gasteiger partial charge in [-0.2, -0.15) is 5.26 Å². The molecule has 0 saturated heterocycles. The van der Waals surface area contributed by atoms with E-state index in [9.17, 15) is 9.65 Å². The first kappa shape index (κ1) is 12.5. The third kappa shape index (κ3) is 1.78. The van der Waals surface area contributed by atoms with Crippen molar-refractivity contribution in [2.45, 2.75) is 0 Å². The van der Waals surface area contributed by atoms with Gasteiger partial charge in [0.15, 0.2) is 5.82 Å². The molecule has 0 spiro atoms. The third-order valence-electron chi connectivity index (χ3n) is 2.98. The Balaban J connectivity index is 2.42. The average molecular weight is 287 g/mol. The van der Waals surface area contributed by atoms with Crippen molar-refractivity contribution >= 4 is 28.6 Å². The number of nitrogen functional groups attached to an aromatic ring is 1. The number of hydrogen-bond donors (Lipinski definition) is 1. The number of nitriles is 1. The monoisotopic (exact) mass is 286 g/mol. The fourth-order valence-electron chi connectivity index (χ4n) is 2.12. The zero-order valence-electron chi connectivity index (χ0n) is 10.1. The van der Waals surface area contributed by atoms with Crippen LogP contribution in [-0.4, -0.2) is 9.55 Å². The van der Waals surface area contributed by atoms with Gasteiger partial charge in [0.25, 0.3) is 0 Å². The van der Waals surface area contributed by atoms with E-state index in [0.29, 0.717) is 21.8 Å². The minimum Gasteiger partial charge on any atom is -0.369 e. The normalized spacial score (nSPS) is 10.7. The first-order valence-electron chi connectivity index (χ1n) is 5.74. The number of para-hydroxylation sites is 1. The molecule has 3 rings (SSSR count). The molecule has 6 heteroatoms. The van der Waals surface area contributed by atoms with Crippen molar-refractivity contribution in [3.05, 3.63) is 52.8 Å². The Bertz CT molecular complexity index is 863. The number of fused-ring (bicyclic) bond motifs is 1. The van der Waals surface area contributed by atoms with Gasteiger partial charge >= 0.3 is 0 Å². The Morgan fingerprint density at radius 2 is 2.10 bits per heavy atom. The number of imidazole rings is 1. The van der Waals surface area contributed by atoms with Crippen molar-refractivity contribution in [3.63, 3.8) is 0 Å². The van der Waals surface area contributed by atoms with Gasteiger partial charge in [-0.15, -0.1) is 0 Å². The lowest BCUT2D eigenvalue weighted by molar-refractivity contribution is 0.637. The van der Waals surface area contributed by atoms with Crippen LogP contribution in [0.3, 0.4) is 0 Å². The molecule has 0 saturated carbocycles. The van der Waals surface area contributed by atoms with Crippen LogP contribution in [-0.2, 0) is 0 Å². The van der Waals surface area contributed by atoms with Crippen molar-refractivity contribution in [3.8, 4) is 11.8 Å². The van der Waals surface area contributed by atoms with E-state index in [-0.39, 0.29) is 11.5 Å². The predicted molar refractivity (Wildman–Crippen MR) is 75.2 cm³/mol. The molecule has 2 N–H and O–H groups in total. The summed E-state index contributed by atoms with van der Waals surface area (Å²) < 4.78 is 15.3.